The maximum Gasteiger partial charge on any atom is 0.356 e. The zero-order chi connectivity index (χ0) is 18.6. The molecule has 136 valence electrons. The van der Waals surface area contributed by atoms with Gasteiger partial charge in [-0.2, -0.15) is 0 Å². The number of nitrogens with zero attached hydrogens (tertiary/aromatic N) is 1. The second-order valence-electron chi connectivity index (χ2n) is 7.36. The van der Waals surface area contributed by atoms with Crippen molar-refractivity contribution in [1.82, 2.24) is 4.98 Å². The average Bonchev–Trinajstić information content (AvgIpc) is 2.54. The van der Waals surface area contributed by atoms with E-state index in [0.717, 1.165) is 40.6 Å². The lowest BCUT2D eigenvalue weighted by atomic mass is 9.84. The van der Waals surface area contributed by atoms with Crippen LogP contribution < -0.4 is 4.74 Å². The molecule has 0 saturated carbocycles. The number of fused-ring (bicyclic) bond motifs is 1. The lowest BCUT2D eigenvalue weighted by molar-refractivity contribution is 0.0520. The van der Waals surface area contributed by atoms with Crippen molar-refractivity contribution in [2.45, 2.75) is 59.8 Å². The van der Waals surface area contributed by atoms with E-state index in [9.17, 15) is 4.79 Å². The van der Waals surface area contributed by atoms with Crippen LogP contribution in [0.5, 0.6) is 5.75 Å². The summed E-state index contributed by atoms with van der Waals surface area (Å²) in [5.41, 5.74) is 3.16. The largest absolute Gasteiger partial charge is 0.494 e. The zero-order valence-electron chi connectivity index (χ0n) is 16.2. The van der Waals surface area contributed by atoms with E-state index in [1.165, 1.54) is 0 Å². The molecule has 4 heteroatoms. The second kappa shape index (κ2) is 7.85. The second-order valence-corrected chi connectivity index (χ2v) is 7.36. The van der Waals surface area contributed by atoms with E-state index in [2.05, 4.69) is 38.7 Å². The fraction of sp³-hybridized carbons (Fsp3) is 0.524. The smallest absolute Gasteiger partial charge is 0.356 e. The van der Waals surface area contributed by atoms with E-state index >= 15 is 0 Å². The van der Waals surface area contributed by atoms with Crippen molar-refractivity contribution in [1.29, 1.82) is 0 Å². The van der Waals surface area contributed by atoms with Crippen molar-refractivity contribution >= 4 is 16.9 Å². The van der Waals surface area contributed by atoms with Gasteiger partial charge in [0.15, 0.2) is 0 Å². The van der Waals surface area contributed by atoms with E-state index in [0.29, 0.717) is 18.9 Å². The average molecular weight is 343 g/mol. The molecular formula is C21H29NO3. The van der Waals surface area contributed by atoms with Gasteiger partial charge in [-0.25, -0.2) is 9.78 Å². The van der Waals surface area contributed by atoms with Gasteiger partial charge >= 0.3 is 5.97 Å². The SMILES string of the molecule is CCCCOc1cc(C(C)(C)C)c2nc(C(=O)OCC)cc(C)c2c1. The molecule has 2 aromatic rings. The summed E-state index contributed by atoms with van der Waals surface area (Å²) >= 11 is 0. The minimum Gasteiger partial charge on any atom is -0.494 e. The van der Waals surface area contributed by atoms with Crippen molar-refractivity contribution in [3.63, 3.8) is 0 Å². The molecule has 0 N–H and O–H groups in total. The topological polar surface area (TPSA) is 48.4 Å². The molecule has 0 radical (unpaired) electrons. The van der Waals surface area contributed by atoms with Crippen molar-refractivity contribution in [2.24, 2.45) is 0 Å². The Morgan fingerprint density at radius 2 is 1.88 bits per heavy atom. The Balaban J connectivity index is 2.61. The van der Waals surface area contributed by atoms with Crippen LogP contribution in [0.25, 0.3) is 10.9 Å². The number of hydrogen-bond donors (Lipinski definition) is 0. The lowest BCUT2D eigenvalue weighted by Gasteiger charge is -2.23. The van der Waals surface area contributed by atoms with Gasteiger partial charge in [0, 0.05) is 5.39 Å². The van der Waals surface area contributed by atoms with Crippen LogP contribution in [0.15, 0.2) is 18.2 Å². The zero-order valence-corrected chi connectivity index (χ0v) is 16.2. The first kappa shape index (κ1) is 19.2. The summed E-state index contributed by atoms with van der Waals surface area (Å²) in [5.74, 6) is 0.482. The van der Waals surface area contributed by atoms with Gasteiger partial charge in [-0.1, -0.05) is 34.1 Å². The summed E-state index contributed by atoms with van der Waals surface area (Å²) in [6, 6.07) is 5.87. The van der Waals surface area contributed by atoms with Gasteiger partial charge in [0.1, 0.15) is 11.4 Å². The minimum atomic E-state index is -0.379. The highest BCUT2D eigenvalue weighted by Gasteiger charge is 2.22. The molecule has 2 rings (SSSR count). The van der Waals surface area contributed by atoms with E-state index in [1.807, 2.05) is 13.0 Å². The fourth-order valence-electron chi connectivity index (χ4n) is 2.76. The van der Waals surface area contributed by atoms with Gasteiger partial charge in [0.25, 0.3) is 0 Å². The Hall–Kier alpha value is -2.10. The van der Waals surface area contributed by atoms with E-state index in [-0.39, 0.29) is 11.4 Å². The van der Waals surface area contributed by atoms with Crippen molar-refractivity contribution < 1.29 is 14.3 Å². The molecule has 0 fully saturated rings. The number of hydrogen-bond acceptors (Lipinski definition) is 4. The van der Waals surface area contributed by atoms with Gasteiger partial charge in [-0.3, -0.25) is 0 Å². The molecule has 1 aromatic carbocycles. The van der Waals surface area contributed by atoms with Crippen LogP contribution in [0, 0.1) is 6.92 Å². The number of rotatable bonds is 6. The van der Waals surface area contributed by atoms with E-state index < -0.39 is 0 Å². The predicted octanol–water partition coefficient (Wildman–Crippen LogP) is 5.20. The Morgan fingerprint density at radius 1 is 1.16 bits per heavy atom. The van der Waals surface area contributed by atoms with Crippen molar-refractivity contribution in [3.05, 3.63) is 35.0 Å². The van der Waals surface area contributed by atoms with E-state index in [4.69, 9.17) is 9.47 Å². The highest BCUT2D eigenvalue weighted by atomic mass is 16.5. The van der Waals surface area contributed by atoms with Crippen molar-refractivity contribution in [2.75, 3.05) is 13.2 Å². The number of aryl methyl sites for hydroxylation is 1. The Kier molecular flexibility index (Phi) is 6.04. The monoisotopic (exact) mass is 343 g/mol. The number of carbonyl (C=O) groups excluding carboxylic acids is 1. The fourth-order valence-corrected chi connectivity index (χ4v) is 2.76. The molecule has 25 heavy (non-hydrogen) atoms. The van der Waals surface area contributed by atoms with Gasteiger partial charge in [-0.05, 0) is 55.0 Å². The third-order valence-electron chi connectivity index (χ3n) is 4.15. The quantitative estimate of drug-likeness (QED) is 0.534. The Morgan fingerprint density at radius 3 is 2.48 bits per heavy atom. The van der Waals surface area contributed by atoms with Crippen LogP contribution in [0.3, 0.4) is 0 Å². The first-order chi connectivity index (χ1) is 11.8. The highest BCUT2D eigenvalue weighted by Crippen LogP contribution is 2.34. The number of unbranched alkanes of at least 4 members (excludes halogenated alkanes) is 1. The maximum absolute atomic E-state index is 12.1. The lowest BCUT2D eigenvalue weighted by Crippen LogP contribution is -2.15. The molecule has 0 aliphatic heterocycles. The predicted molar refractivity (Wildman–Crippen MR) is 102 cm³/mol. The van der Waals surface area contributed by atoms with Crippen LogP contribution in [0.4, 0.5) is 0 Å². The van der Waals surface area contributed by atoms with Crippen LogP contribution in [0.2, 0.25) is 0 Å². The summed E-state index contributed by atoms with van der Waals surface area (Å²) in [5, 5.41) is 1.02. The molecule has 0 atom stereocenters. The van der Waals surface area contributed by atoms with Gasteiger partial charge in [-0.15, -0.1) is 0 Å². The van der Waals surface area contributed by atoms with Crippen LogP contribution in [0.1, 0.15) is 69.1 Å². The normalized spacial score (nSPS) is 11.6. The summed E-state index contributed by atoms with van der Waals surface area (Å²) in [6.45, 7) is 13.4. The summed E-state index contributed by atoms with van der Waals surface area (Å²) < 4.78 is 11.1. The molecule has 0 saturated heterocycles. The Bertz CT molecular complexity index is 760. The number of aromatic nitrogens is 1. The maximum atomic E-state index is 12.1. The highest BCUT2D eigenvalue weighted by molar-refractivity contribution is 5.94. The van der Waals surface area contributed by atoms with Crippen LogP contribution >= 0.6 is 0 Å². The standard InChI is InChI=1S/C21H29NO3/c1-7-9-10-25-15-12-16-14(3)11-18(20(23)24-8-2)22-19(16)17(13-15)21(4,5)6/h11-13H,7-10H2,1-6H3. The number of ether oxygens (including phenoxy) is 2. The first-order valence-corrected chi connectivity index (χ1v) is 9.03. The number of carbonyl (C=O) groups is 1. The molecule has 1 aromatic heterocycles. The Labute approximate surface area is 150 Å². The van der Waals surface area contributed by atoms with Crippen LogP contribution in [-0.4, -0.2) is 24.2 Å². The molecule has 0 aliphatic rings. The molecule has 0 unspecified atom stereocenters. The van der Waals surface area contributed by atoms with Crippen LogP contribution in [-0.2, 0) is 10.2 Å². The minimum absolute atomic E-state index is 0.116. The molecular weight excluding hydrogens is 314 g/mol. The van der Waals surface area contributed by atoms with Gasteiger partial charge < -0.3 is 9.47 Å². The van der Waals surface area contributed by atoms with Gasteiger partial charge in [0.2, 0.25) is 0 Å². The first-order valence-electron chi connectivity index (χ1n) is 9.03. The third-order valence-corrected chi connectivity index (χ3v) is 4.15. The van der Waals surface area contributed by atoms with Gasteiger partial charge in [0.05, 0.1) is 18.7 Å². The summed E-state index contributed by atoms with van der Waals surface area (Å²) in [6.07, 6.45) is 2.13. The molecule has 1 heterocycles. The third kappa shape index (κ3) is 4.50. The number of benzene rings is 1. The number of esters is 1. The van der Waals surface area contributed by atoms with E-state index in [1.54, 1.807) is 13.0 Å². The molecule has 0 aliphatic carbocycles. The summed E-state index contributed by atoms with van der Waals surface area (Å²) in [7, 11) is 0. The van der Waals surface area contributed by atoms with Crippen molar-refractivity contribution in [3.8, 4) is 5.75 Å². The summed E-state index contributed by atoms with van der Waals surface area (Å²) in [4.78, 5) is 16.8. The molecule has 0 spiro atoms. The molecule has 0 bridgehead atoms. The molecule has 0 amide bonds. The number of pyridine rings is 1. The molecule has 4 nitrogen and oxygen atoms in total.